The summed E-state index contributed by atoms with van der Waals surface area (Å²) in [6.45, 7) is 1.43. The molecule has 1 atom stereocenters. The molecular weight excluding hydrogens is 312 g/mol. The number of likely N-dealkylation sites (tertiary alicyclic amines) is 1. The Balaban J connectivity index is 1.57. The lowest BCUT2D eigenvalue weighted by atomic mass is 10.2. The van der Waals surface area contributed by atoms with Gasteiger partial charge in [-0.15, -0.1) is 11.3 Å². The lowest BCUT2D eigenvalue weighted by molar-refractivity contribution is -0.126. The quantitative estimate of drug-likeness (QED) is 0.810. The molecule has 0 spiro atoms. The molecule has 0 bridgehead atoms. The minimum atomic E-state index is -0.204. The van der Waals surface area contributed by atoms with Crippen molar-refractivity contribution in [2.45, 2.75) is 18.9 Å². The van der Waals surface area contributed by atoms with Gasteiger partial charge in [0.05, 0.1) is 22.9 Å². The summed E-state index contributed by atoms with van der Waals surface area (Å²) in [5, 5.41) is 1.08. The van der Waals surface area contributed by atoms with Gasteiger partial charge in [-0.05, 0) is 25.0 Å². The van der Waals surface area contributed by atoms with E-state index in [9.17, 15) is 9.59 Å². The molecule has 23 heavy (non-hydrogen) atoms. The third kappa shape index (κ3) is 2.49. The SMILES string of the molecule is CN1CC(=O)N(CN2CCC[C@@H]2c2nc3ccccc3s2)C1=O. The fraction of sp³-hybridized carbons (Fsp3) is 0.438. The first-order chi connectivity index (χ1) is 11.1. The molecule has 1 aromatic heterocycles. The highest BCUT2D eigenvalue weighted by molar-refractivity contribution is 7.18. The molecule has 0 radical (unpaired) electrons. The zero-order chi connectivity index (χ0) is 16.0. The van der Waals surface area contributed by atoms with E-state index >= 15 is 0 Å². The van der Waals surface area contributed by atoms with Crippen LogP contribution in [0.3, 0.4) is 0 Å². The Morgan fingerprint density at radius 2 is 2.13 bits per heavy atom. The largest absolute Gasteiger partial charge is 0.328 e. The number of fused-ring (bicyclic) bond motifs is 1. The third-order valence-electron chi connectivity index (χ3n) is 4.51. The number of nitrogens with zero attached hydrogens (tertiary/aromatic N) is 4. The minimum Gasteiger partial charge on any atom is -0.318 e. The summed E-state index contributed by atoms with van der Waals surface area (Å²) in [7, 11) is 1.66. The van der Waals surface area contributed by atoms with Gasteiger partial charge in [0.1, 0.15) is 11.6 Å². The Hall–Kier alpha value is -1.99. The monoisotopic (exact) mass is 330 g/mol. The summed E-state index contributed by atoms with van der Waals surface area (Å²) < 4.78 is 1.18. The topological polar surface area (TPSA) is 56.8 Å². The second kappa shape index (κ2) is 5.58. The number of carbonyl (C=O) groups is 2. The molecule has 3 heterocycles. The van der Waals surface area contributed by atoms with Gasteiger partial charge in [-0.1, -0.05) is 12.1 Å². The average Bonchev–Trinajstić information content (AvgIpc) is 3.22. The van der Waals surface area contributed by atoms with E-state index in [-0.39, 0.29) is 24.5 Å². The van der Waals surface area contributed by atoms with E-state index in [0.29, 0.717) is 6.67 Å². The van der Waals surface area contributed by atoms with E-state index in [1.54, 1.807) is 18.4 Å². The lowest BCUT2D eigenvalue weighted by Gasteiger charge is -2.26. The number of para-hydroxylation sites is 1. The molecule has 0 aliphatic carbocycles. The van der Waals surface area contributed by atoms with Crippen molar-refractivity contribution in [3.63, 3.8) is 0 Å². The van der Waals surface area contributed by atoms with E-state index in [0.717, 1.165) is 29.9 Å². The van der Waals surface area contributed by atoms with Crippen LogP contribution in [-0.4, -0.2) is 58.4 Å². The van der Waals surface area contributed by atoms with Crippen LogP contribution in [0.15, 0.2) is 24.3 Å². The summed E-state index contributed by atoms with van der Waals surface area (Å²) in [5.41, 5.74) is 1.02. The molecule has 7 heteroatoms. The first kappa shape index (κ1) is 14.6. The molecule has 2 saturated heterocycles. The van der Waals surface area contributed by atoms with Crippen molar-refractivity contribution < 1.29 is 9.59 Å². The predicted octanol–water partition coefficient (Wildman–Crippen LogP) is 2.28. The van der Waals surface area contributed by atoms with Crippen molar-refractivity contribution in [2.75, 3.05) is 26.8 Å². The van der Waals surface area contributed by atoms with Crippen molar-refractivity contribution >= 4 is 33.5 Å². The van der Waals surface area contributed by atoms with Crippen molar-refractivity contribution in [3.8, 4) is 0 Å². The molecule has 4 rings (SSSR count). The third-order valence-corrected chi connectivity index (χ3v) is 5.65. The number of benzene rings is 1. The molecule has 2 aromatic rings. The Morgan fingerprint density at radius 1 is 1.30 bits per heavy atom. The van der Waals surface area contributed by atoms with Crippen molar-refractivity contribution in [2.24, 2.45) is 0 Å². The minimum absolute atomic E-state index is 0.118. The Morgan fingerprint density at radius 3 is 2.87 bits per heavy atom. The highest BCUT2D eigenvalue weighted by Gasteiger charge is 2.38. The first-order valence-electron chi connectivity index (χ1n) is 7.78. The molecule has 2 fully saturated rings. The second-order valence-corrected chi connectivity index (χ2v) is 7.15. The smallest absolute Gasteiger partial charge is 0.318 e. The first-order valence-corrected chi connectivity index (χ1v) is 8.60. The van der Waals surface area contributed by atoms with Crippen molar-refractivity contribution in [1.29, 1.82) is 0 Å². The number of thiazole rings is 1. The number of carbonyl (C=O) groups excluding carboxylic acids is 2. The molecule has 2 aliphatic rings. The van der Waals surface area contributed by atoms with Crippen LogP contribution in [0.2, 0.25) is 0 Å². The van der Waals surface area contributed by atoms with Crippen LogP contribution in [0.25, 0.3) is 10.2 Å². The highest BCUT2D eigenvalue weighted by Crippen LogP contribution is 2.36. The summed E-state index contributed by atoms with van der Waals surface area (Å²) >= 11 is 1.71. The normalized spacial score (nSPS) is 22.7. The van der Waals surface area contributed by atoms with Crippen LogP contribution >= 0.6 is 11.3 Å². The Kier molecular flexibility index (Phi) is 3.54. The van der Waals surface area contributed by atoms with Crippen LogP contribution in [0, 0.1) is 0 Å². The maximum Gasteiger partial charge on any atom is 0.328 e. The van der Waals surface area contributed by atoms with Crippen LogP contribution in [0.1, 0.15) is 23.9 Å². The van der Waals surface area contributed by atoms with Crippen molar-refractivity contribution in [3.05, 3.63) is 29.3 Å². The number of hydrogen-bond acceptors (Lipinski definition) is 5. The van der Waals surface area contributed by atoms with Crippen LogP contribution < -0.4 is 0 Å². The summed E-state index contributed by atoms with van der Waals surface area (Å²) in [6, 6.07) is 8.11. The van der Waals surface area contributed by atoms with Gasteiger partial charge in [-0.2, -0.15) is 0 Å². The van der Waals surface area contributed by atoms with Crippen molar-refractivity contribution in [1.82, 2.24) is 19.7 Å². The van der Waals surface area contributed by atoms with Gasteiger partial charge in [-0.3, -0.25) is 9.69 Å². The van der Waals surface area contributed by atoms with Gasteiger partial charge in [0.25, 0.3) is 5.91 Å². The fourth-order valence-corrected chi connectivity index (χ4v) is 4.43. The van der Waals surface area contributed by atoms with E-state index in [4.69, 9.17) is 4.98 Å². The maximum absolute atomic E-state index is 12.1. The fourth-order valence-electron chi connectivity index (χ4n) is 3.30. The highest BCUT2D eigenvalue weighted by atomic mass is 32.1. The van der Waals surface area contributed by atoms with Gasteiger partial charge < -0.3 is 4.90 Å². The van der Waals surface area contributed by atoms with Crippen LogP contribution in [0.5, 0.6) is 0 Å². The summed E-state index contributed by atoms with van der Waals surface area (Å²) in [5.74, 6) is -0.118. The lowest BCUT2D eigenvalue weighted by Crippen LogP contribution is -2.41. The molecular formula is C16H18N4O2S. The summed E-state index contributed by atoms with van der Waals surface area (Å²) in [6.07, 6.45) is 2.08. The molecule has 0 N–H and O–H groups in total. The molecule has 0 unspecified atom stereocenters. The molecule has 1 aromatic carbocycles. The summed E-state index contributed by atoms with van der Waals surface area (Å²) in [4.78, 5) is 33.8. The maximum atomic E-state index is 12.1. The molecule has 2 aliphatic heterocycles. The average molecular weight is 330 g/mol. The van der Waals surface area contributed by atoms with Gasteiger partial charge in [0.2, 0.25) is 0 Å². The predicted molar refractivity (Wildman–Crippen MR) is 88.0 cm³/mol. The zero-order valence-corrected chi connectivity index (χ0v) is 13.8. The number of hydrogen-bond donors (Lipinski definition) is 0. The Bertz CT molecular complexity index is 741. The molecule has 3 amide bonds. The van der Waals surface area contributed by atoms with E-state index < -0.39 is 0 Å². The number of imide groups is 1. The van der Waals surface area contributed by atoms with Gasteiger partial charge in [-0.25, -0.2) is 14.7 Å². The zero-order valence-electron chi connectivity index (χ0n) is 12.9. The number of likely N-dealkylation sites (N-methyl/N-ethyl adjacent to an activating group) is 1. The van der Waals surface area contributed by atoms with Gasteiger partial charge in [0.15, 0.2) is 0 Å². The van der Waals surface area contributed by atoms with E-state index in [2.05, 4.69) is 11.0 Å². The van der Waals surface area contributed by atoms with E-state index in [1.165, 1.54) is 14.5 Å². The van der Waals surface area contributed by atoms with E-state index in [1.807, 2.05) is 18.2 Å². The van der Waals surface area contributed by atoms with Crippen LogP contribution in [0.4, 0.5) is 4.79 Å². The second-order valence-electron chi connectivity index (χ2n) is 6.09. The van der Waals surface area contributed by atoms with Gasteiger partial charge in [0, 0.05) is 13.6 Å². The van der Waals surface area contributed by atoms with Crippen LogP contribution in [-0.2, 0) is 4.79 Å². The number of rotatable bonds is 3. The van der Waals surface area contributed by atoms with Gasteiger partial charge >= 0.3 is 6.03 Å². The standard InChI is InChI=1S/C16H18N4O2S/c1-18-9-14(21)20(16(18)22)10-19-8-4-6-12(19)15-17-11-5-2-3-7-13(11)23-15/h2-3,5,7,12H,4,6,8-10H2,1H3/t12-/m1/s1. The molecule has 120 valence electrons. The molecule has 6 nitrogen and oxygen atoms in total. The Labute approximate surface area is 138 Å². The number of amides is 3. The number of urea groups is 1. The number of aromatic nitrogens is 1. The molecule has 0 saturated carbocycles.